The van der Waals surface area contributed by atoms with E-state index in [0.29, 0.717) is 10.9 Å². The highest BCUT2D eigenvalue weighted by Gasteiger charge is 2.13. The highest BCUT2D eigenvalue weighted by atomic mass is 79.9. The maximum Gasteiger partial charge on any atom is 0.137 e. The first-order valence-corrected chi connectivity index (χ1v) is 7.48. The van der Waals surface area contributed by atoms with E-state index >= 15 is 0 Å². The third-order valence-electron chi connectivity index (χ3n) is 3.41. The molecule has 0 radical (unpaired) electrons. The molecule has 0 heterocycles. The van der Waals surface area contributed by atoms with Crippen LogP contribution in [0, 0.1) is 18.7 Å². The van der Waals surface area contributed by atoms with Gasteiger partial charge in [0.15, 0.2) is 0 Å². The summed E-state index contributed by atoms with van der Waals surface area (Å²) in [6.45, 7) is 2.15. The summed E-state index contributed by atoms with van der Waals surface area (Å²) in [5, 5.41) is 9.57. The quantitative estimate of drug-likeness (QED) is 0.863. The molecular formula is C17H18BrFO. The second kappa shape index (κ2) is 7.00. The van der Waals surface area contributed by atoms with Crippen LogP contribution in [0.4, 0.5) is 4.39 Å². The maximum atomic E-state index is 13.5. The van der Waals surface area contributed by atoms with Crippen molar-refractivity contribution in [1.82, 2.24) is 0 Å². The van der Waals surface area contributed by atoms with Gasteiger partial charge in [0, 0.05) is 6.61 Å². The molecule has 20 heavy (non-hydrogen) atoms. The molecule has 0 aromatic heterocycles. The Morgan fingerprint density at radius 2 is 1.90 bits per heavy atom. The van der Waals surface area contributed by atoms with Gasteiger partial charge in [-0.3, -0.25) is 0 Å². The van der Waals surface area contributed by atoms with Gasteiger partial charge in [-0.1, -0.05) is 42.0 Å². The van der Waals surface area contributed by atoms with Gasteiger partial charge in [-0.15, -0.1) is 0 Å². The average molecular weight is 337 g/mol. The van der Waals surface area contributed by atoms with Crippen molar-refractivity contribution in [2.45, 2.75) is 19.8 Å². The van der Waals surface area contributed by atoms with Crippen LogP contribution in [-0.4, -0.2) is 11.7 Å². The van der Waals surface area contributed by atoms with Crippen LogP contribution in [0.25, 0.3) is 0 Å². The highest BCUT2D eigenvalue weighted by Crippen LogP contribution is 2.24. The predicted octanol–water partition coefficient (Wildman–Crippen LogP) is 4.29. The minimum absolute atomic E-state index is 0.0925. The van der Waals surface area contributed by atoms with E-state index in [2.05, 4.69) is 41.1 Å². The largest absolute Gasteiger partial charge is 0.396 e. The normalized spacial score (nSPS) is 12.4. The molecule has 0 bridgehead atoms. The minimum atomic E-state index is -0.255. The average Bonchev–Trinajstić information content (AvgIpc) is 2.43. The SMILES string of the molecule is Cc1cccc(CC(CO)Cc2cccc(F)c2Br)c1. The van der Waals surface area contributed by atoms with Crippen molar-refractivity contribution in [2.24, 2.45) is 5.92 Å². The van der Waals surface area contributed by atoms with Crippen LogP contribution >= 0.6 is 15.9 Å². The van der Waals surface area contributed by atoms with Crippen LogP contribution in [0.15, 0.2) is 46.9 Å². The number of hydrogen-bond donors (Lipinski definition) is 1. The Kier molecular flexibility index (Phi) is 5.32. The van der Waals surface area contributed by atoms with E-state index in [0.717, 1.165) is 12.0 Å². The van der Waals surface area contributed by atoms with Crippen molar-refractivity contribution in [3.05, 3.63) is 69.4 Å². The molecule has 0 saturated heterocycles. The smallest absolute Gasteiger partial charge is 0.137 e. The summed E-state index contributed by atoms with van der Waals surface area (Å²) < 4.78 is 14.0. The Labute approximate surface area is 127 Å². The Hall–Kier alpha value is -1.19. The van der Waals surface area contributed by atoms with Crippen LogP contribution < -0.4 is 0 Å². The first-order valence-electron chi connectivity index (χ1n) is 6.69. The predicted molar refractivity (Wildman–Crippen MR) is 83.3 cm³/mol. The Balaban J connectivity index is 2.11. The van der Waals surface area contributed by atoms with E-state index in [1.165, 1.54) is 17.2 Å². The molecule has 0 amide bonds. The van der Waals surface area contributed by atoms with Gasteiger partial charge in [0.1, 0.15) is 5.82 Å². The fraction of sp³-hybridized carbons (Fsp3) is 0.294. The number of rotatable bonds is 5. The van der Waals surface area contributed by atoms with E-state index in [1.807, 2.05) is 12.1 Å². The van der Waals surface area contributed by atoms with Gasteiger partial charge in [0.2, 0.25) is 0 Å². The summed E-state index contributed by atoms with van der Waals surface area (Å²) in [6, 6.07) is 13.3. The monoisotopic (exact) mass is 336 g/mol. The summed E-state index contributed by atoms with van der Waals surface area (Å²) in [5.74, 6) is -0.162. The molecule has 2 aromatic carbocycles. The van der Waals surface area contributed by atoms with Crippen LogP contribution in [0.5, 0.6) is 0 Å². The van der Waals surface area contributed by atoms with Gasteiger partial charge >= 0.3 is 0 Å². The molecule has 1 atom stereocenters. The number of benzene rings is 2. The first-order chi connectivity index (χ1) is 9.60. The number of aryl methyl sites for hydroxylation is 1. The van der Waals surface area contributed by atoms with Crippen molar-refractivity contribution in [3.63, 3.8) is 0 Å². The van der Waals surface area contributed by atoms with Crippen molar-refractivity contribution in [2.75, 3.05) is 6.61 Å². The molecule has 1 nitrogen and oxygen atoms in total. The molecule has 0 aliphatic rings. The van der Waals surface area contributed by atoms with E-state index < -0.39 is 0 Å². The number of aliphatic hydroxyl groups is 1. The molecule has 0 saturated carbocycles. The summed E-state index contributed by atoms with van der Waals surface area (Å²) in [7, 11) is 0. The summed E-state index contributed by atoms with van der Waals surface area (Å²) >= 11 is 3.28. The lowest BCUT2D eigenvalue weighted by Gasteiger charge is -2.16. The summed E-state index contributed by atoms with van der Waals surface area (Å²) in [6.07, 6.45) is 1.45. The minimum Gasteiger partial charge on any atom is -0.396 e. The Morgan fingerprint density at radius 1 is 1.15 bits per heavy atom. The van der Waals surface area contributed by atoms with Crippen LogP contribution in [0.3, 0.4) is 0 Å². The lowest BCUT2D eigenvalue weighted by atomic mass is 9.92. The van der Waals surface area contributed by atoms with Crippen molar-refractivity contribution >= 4 is 15.9 Å². The molecule has 3 heteroatoms. The zero-order valence-corrected chi connectivity index (χ0v) is 13.0. The standard InChI is InChI=1S/C17H18BrFO/c1-12-4-2-5-13(8-12)9-14(11-20)10-15-6-3-7-16(19)17(15)18/h2-8,14,20H,9-11H2,1H3. The summed E-state index contributed by atoms with van der Waals surface area (Å²) in [5.41, 5.74) is 3.32. The molecule has 2 rings (SSSR count). The van der Waals surface area contributed by atoms with E-state index in [9.17, 15) is 9.50 Å². The van der Waals surface area contributed by atoms with Gasteiger partial charge in [0.05, 0.1) is 4.47 Å². The molecular weight excluding hydrogens is 319 g/mol. The molecule has 1 N–H and O–H groups in total. The lowest BCUT2D eigenvalue weighted by molar-refractivity contribution is 0.224. The van der Waals surface area contributed by atoms with Gasteiger partial charge in [-0.25, -0.2) is 4.39 Å². The number of aliphatic hydroxyl groups excluding tert-OH is 1. The molecule has 0 aliphatic heterocycles. The Morgan fingerprint density at radius 3 is 2.60 bits per heavy atom. The molecule has 0 spiro atoms. The zero-order chi connectivity index (χ0) is 14.5. The number of hydrogen-bond acceptors (Lipinski definition) is 1. The topological polar surface area (TPSA) is 20.2 Å². The van der Waals surface area contributed by atoms with Gasteiger partial charge in [-0.05, 0) is 58.8 Å². The maximum absolute atomic E-state index is 13.5. The van der Waals surface area contributed by atoms with E-state index in [1.54, 1.807) is 6.07 Å². The molecule has 2 aromatic rings. The van der Waals surface area contributed by atoms with Crippen LogP contribution in [-0.2, 0) is 12.8 Å². The van der Waals surface area contributed by atoms with Crippen molar-refractivity contribution < 1.29 is 9.50 Å². The third kappa shape index (κ3) is 3.90. The first kappa shape index (κ1) is 15.2. The fourth-order valence-electron chi connectivity index (χ4n) is 2.39. The van der Waals surface area contributed by atoms with Crippen LogP contribution in [0.2, 0.25) is 0 Å². The second-order valence-electron chi connectivity index (χ2n) is 5.16. The van der Waals surface area contributed by atoms with E-state index in [-0.39, 0.29) is 18.3 Å². The van der Waals surface area contributed by atoms with Gasteiger partial charge in [0.25, 0.3) is 0 Å². The fourth-order valence-corrected chi connectivity index (χ4v) is 2.82. The molecule has 106 valence electrons. The van der Waals surface area contributed by atoms with Crippen molar-refractivity contribution in [1.29, 1.82) is 0 Å². The third-order valence-corrected chi connectivity index (χ3v) is 4.29. The summed E-state index contributed by atoms with van der Waals surface area (Å²) in [4.78, 5) is 0. The second-order valence-corrected chi connectivity index (χ2v) is 5.95. The van der Waals surface area contributed by atoms with Crippen molar-refractivity contribution in [3.8, 4) is 0 Å². The van der Waals surface area contributed by atoms with Gasteiger partial charge < -0.3 is 5.11 Å². The van der Waals surface area contributed by atoms with Gasteiger partial charge in [-0.2, -0.15) is 0 Å². The van der Waals surface area contributed by atoms with Crippen LogP contribution in [0.1, 0.15) is 16.7 Å². The highest BCUT2D eigenvalue weighted by molar-refractivity contribution is 9.10. The Bertz CT molecular complexity index is 583. The molecule has 1 unspecified atom stereocenters. The molecule has 0 fully saturated rings. The lowest BCUT2D eigenvalue weighted by Crippen LogP contribution is -2.13. The zero-order valence-electron chi connectivity index (χ0n) is 11.4. The molecule has 0 aliphatic carbocycles. The number of halogens is 2. The van der Waals surface area contributed by atoms with E-state index in [4.69, 9.17) is 0 Å².